The van der Waals surface area contributed by atoms with E-state index < -0.39 is 0 Å². The van der Waals surface area contributed by atoms with Crippen LogP contribution in [0, 0.1) is 0 Å². The van der Waals surface area contributed by atoms with Gasteiger partial charge in [-0.15, -0.1) is 11.3 Å². The van der Waals surface area contributed by atoms with Crippen LogP contribution in [0.3, 0.4) is 0 Å². The zero-order chi connectivity index (χ0) is 10.0. The lowest BCUT2D eigenvalue weighted by molar-refractivity contribution is -0.00948. The van der Waals surface area contributed by atoms with Gasteiger partial charge in [-0.1, -0.05) is 6.07 Å². The largest absolute Gasteiger partial charge is 0.373 e. The first-order valence-electron chi connectivity index (χ1n) is 5.11. The molecule has 0 aliphatic carbocycles. The molecule has 1 aliphatic heterocycles. The molecule has 2 nitrogen and oxygen atoms in total. The molecule has 2 rings (SSSR count). The van der Waals surface area contributed by atoms with E-state index in [-0.39, 0.29) is 5.60 Å². The molecule has 1 aromatic rings. The lowest BCUT2D eigenvalue weighted by atomic mass is 9.92. The lowest BCUT2D eigenvalue weighted by Gasteiger charge is -2.32. The minimum Gasteiger partial charge on any atom is -0.373 e. The molecule has 0 spiro atoms. The number of thiophene rings is 1. The summed E-state index contributed by atoms with van der Waals surface area (Å²) in [5, 5.41) is 5.50. The van der Waals surface area contributed by atoms with Gasteiger partial charge in [-0.2, -0.15) is 0 Å². The van der Waals surface area contributed by atoms with Gasteiger partial charge in [0, 0.05) is 11.5 Å². The molecule has 3 heteroatoms. The predicted molar refractivity (Wildman–Crippen MR) is 59.7 cm³/mol. The second-order valence-corrected chi connectivity index (χ2v) is 4.98. The van der Waals surface area contributed by atoms with Crippen molar-refractivity contribution >= 4 is 11.3 Å². The van der Waals surface area contributed by atoms with Crippen LogP contribution in [-0.4, -0.2) is 19.3 Å². The third kappa shape index (κ3) is 1.72. The summed E-state index contributed by atoms with van der Waals surface area (Å²) in [6, 6.07) is 4.62. The van der Waals surface area contributed by atoms with E-state index in [9.17, 15) is 0 Å². The number of likely N-dealkylation sites (N-methyl/N-ethyl adjacent to an activating group) is 1. The molecule has 0 amide bonds. The fraction of sp³-hybridized carbons (Fsp3) is 0.636. The number of hydrogen-bond acceptors (Lipinski definition) is 3. The van der Waals surface area contributed by atoms with Gasteiger partial charge in [-0.05, 0) is 38.3 Å². The van der Waals surface area contributed by atoms with Crippen LogP contribution in [0.2, 0.25) is 0 Å². The van der Waals surface area contributed by atoms with E-state index in [1.807, 2.05) is 7.05 Å². The maximum atomic E-state index is 5.86. The van der Waals surface area contributed by atoms with Crippen molar-refractivity contribution in [2.75, 3.05) is 13.7 Å². The van der Waals surface area contributed by atoms with Crippen molar-refractivity contribution in [3.05, 3.63) is 22.4 Å². The Hall–Kier alpha value is -0.380. The minimum absolute atomic E-state index is 0.0143. The van der Waals surface area contributed by atoms with Crippen LogP contribution in [0.25, 0.3) is 0 Å². The Morgan fingerprint density at radius 3 is 3.00 bits per heavy atom. The van der Waals surface area contributed by atoms with Crippen LogP contribution in [0.15, 0.2) is 17.5 Å². The SMILES string of the molecule is CNC(c1cccs1)C1(C)CCCO1. The van der Waals surface area contributed by atoms with Crippen molar-refractivity contribution in [1.29, 1.82) is 0 Å². The van der Waals surface area contributed by atoms with Gasteiger partial charge in [0.05, 0.1) is 11.6 Å². The van der Waals surface area contributed by atoms with Gasteiger partial charge in [0.2, 0.25) is 0 Å². The summed E-state index contributed by atoms with van der Waals surface area (Å²) in [5.74, 6) is 0. The summed E-state index contributed by atoms with van der Waals surface area (Å²) in [5.41, 5.74) is -0.0143. The smallest absolute Gasteiger partial charge is 0.0857 e. The first-order valence-corrected chi connectivity index (χ1v) is 5.99. The third-order valence-electron chi connectivity index (χ3n) is 2.98. The van der Waals surface area contributed by atoms with Gasteiger partial charge in [0.1, 0.15) is 0 Å². The van der Waals surface area contributed by atoms with Crippen LogP contribution in [0.4, 0.5) is 0 Å². The molecule has 2 heterocycles. The Morgan fingerprint density at radius 2 is 2.50 bits per heavy atom. The molecule has 78 valence electrons. The maximum Gasteiger partial charge on any atom is 0.0857 e. The molecule has 14 heavy (non-hydrogen) atoms. The van der Waals surface area contributed by atoms with Gasteiger partial charge in [-0.25, -0.2) is 0 Å². The van der Waals surface area contributed by atoms with E-state index in [4.69, 9.17) is 4.74 Å². The van der Waals surface area contributed by atoms with Gasteiger partial charge in [0.15, 0.2) is 0 Å². The maximum absolute atomic E-state index is 5.86. The molecule has 1 N–H and O–H groups in total. The Kier molecular flexibility index (Phi) is 2.91. The van der Waals surface area contributed by atoms with Crippen molar-refractivity contribution in [2.24, 2.45) is 0 Å². The van der Waals surface area contributed by atoms with Gasteiger partial charge in [-0.3, -0.25) is 0 Å². The highest BCUT2D eigenvalue weighted by molar-refractivity contribution is 7.10. The average Bonchev–Trinajstić information content (AvgIpc) is 2.78. The van der Waals surface area contributed by atoms with E-state index in [1.54, 1.807) is 11.3 Å². The topological polar surface area (TPSA) is 21.3 Å². The van der Waals surface area contributed by atoms with Crippen molar-refractivity contribution in [1.82, 2.24) is 5.32 Å². The molecule has 0 saturated carbocycles. The number of ether oxygens (including phenoxy) is 1. The van der Waals surface area contributed by atoms with Gasteiger partial charge >= 0.3 is 0 Å². The fourth-order valence-electron chi connectivity index (χ4n) is 2.23. The van der Waals surface area contributed by atoms with Gasteiger partial charge < -0.3 is 10.1 Å². The average molecular weight is 211 g/mol. The molecule has 0 radical (unpaired) electrons. The number of hydrogen-bond donors (Lipinski definition) is 1. The van der Waals surface area contributed by atoms with Crippen LogP contribution in [-0.2, 0) is 4.74 Å². The monoisotopic (exact) mass is 211 g/mol. The second kappa shape index (κ2) is 4.01. The predicted octanol–water partition coefficient (Wildman–Crippen LogP) is 2.58. The standard InChI is InChI=1S/C11H17NOS/c1-11(6-4-7-13-11)10(12-2)9-5-3-8-14-9/h3,5,8,10,12H,4,6-7H2,1-2H3. The van der Waals surface area contributed by atoms with Crippen LogP contribution >= 0.6 is 11.3 Å². The zero-order valence-corrected chi connectivity index (χ0v) is 9.56. The van der Waals surface area contributed by atoms with E-state index in [0.717, 1.165) is 13.0 Å². The molecule has 1 saturated heterocycles. The van der Waals surface area contributed by atoms with Crippen LogP contribution in [0.5, 0.6) is 0 Å². The molecule has 1 aliphatic rings. The normalized spacial score (nSPS) is 29.3. The summed E-state index contributed by atoms with van der Waals surface area (Å²) in [6.07, 6.45) is 2.33. The van der Waals surface area contributed by atoms with E-state index in [0.29, 0.717) is 6.04 Å². The number of rotatable bonds is 3. The molecule has 0 aromatic carbocycles. The van der Waals surface area contributed by atoms with Crippen LogP contribution in [0.1, 0.15) is 30.7 Å². The highest BCUT2D eigenvalue weighted by atomic mass is 32.1. The van der Waals surface area contributed by atoms with Crippen molar-refractivity contribution in [2.45, 2.75) is 31.4 Å². The second-order valence-electron chi connectivity index (χ2n) is 4.00. The first kappa shape index (κ1) is 10.1. The van der Waals surface area contributed by atoms with E-state index >= 15 is 0 Å². The third-order valence-corrected chi connectivity index (χ3v) is 3.91. The first-order chi connectivity index (χ1) is 6.76. The molecule has 0 bridgehead atoms. The van der Waals surface area contributed by atoms with E-state index in [2.05, 4.69) is 29.8 Å². The molecular formula is C11H17NOS. The quantitative estimate of drug-likeness (QED) is 0.829. The summed E-state index contributed by atoms with van der Waals surface area (Å²) >= 11 is 1.80. The Balaban J connectivity index is 2.20. The van der Waals surface area contributed by atoms with Crippen molar-refractivity contribution < 1.29 is 4.74 Å². The molecule has 1 fully saturated rings. The zero-order valence-electron chi connectivity index (χ0n) is 8.75. The molecule has 2 unspecified atom stereocenters. The molecule has 1 aromatic heterocycles. The summed E-state index contributed by atoms with van der Waals surface area (Å²) in [4.78, 5) is 1.37. The lowest BCUT2D eigenvalue weighted by Crippen LogP contribution is -2.39. The fourth-order valence-corrected chi connectivity index (χ4v) is 3.21. The summed E-state index contributed by atoms with van der Waals surface area (Å²) in [6.45, 7) is 3.11. The van der Waals surface area contributed by atoms with Crippen molar-refractivity contribution in [3.8, 4) is 0 Å². The Morgan fingerprint density at radius 1 is 1.64 bits per heavy atom. The molecular weight excluding hydrogens is 194 g/mol. The van der Waals surface area contributed by atoms with Crippen LogP contribution < -0.4 is 5.32 Å². The van der Waals surface area contributed by atoms with Gasteiger partial charge in [0.25, 0.3) is 0 Å². The summed E-state index contributed by atoms with van der Waals surface area (Å²) < 4.78 is 5.86. The van der Waals surface area contributed by atoms with E-state index in [1.165, 1.54) is 11.3 Å². The minimum atomic E-state index is -0.0143. The highest BCUT2D eigenvalue weighted by Crippen LogP contribution is 2.38. The molecule has 2 atom stereocenters. The highest BCUT2D eigenvalue weighted by Gasteiger charge is 2.38. The summed E-state index contributed by atoms with van der Waals surface area (Å²) in [7, 11) is 2.01. The Bertz CT molecular complexity index is 277. The Labute approximate surface area is 89.3 Å². The van der Waals surface area contributed by atoms with Crippen molar-refractivity contribution in [3.63, 3.8) is 0 Å². The number of nitrogens with one attached hydrogen (secondary N) is 1.